The fourth-order valence-electron chi connectivity index (χ4n) is 2.52. The van der Waals surface area contributed by atoms with Crippen LogP contribution in [-0.2, 0) is 14.8 Å². The van der Waals surface area contributed by atoms with Crippen LogP contribution in [0.25, 0.3) is 0 Å². The first-order valence-corrected chi connectivity index (χ1v) is 9.94. The number of anilines is 1. The van der Waals surface area contributed by atoms with Gasteiger partial charge < -0.3 is 10.1 Å². The van der Waals surface area contributed by atoms with Crippen molar-refractivity contribution in [2.24, 2.45) is 0 Å². The van der Waals surface area contributed by atoms with Gasteiger partial charge in [-0.1, -0.05) is 11.6 Å². The van der Waals surface area contributed by atoms with Crippen LogP contribution in [0.2, 0.25) is 5.02 Å². The van der Waals surface area contributed by atoms with Crippen molar-refractivity contribution >= 4 is 33.2 Å². The third kappa shape index (κ3) is 5.76. The van der Waals surface area contributed by atoms with Crippen molar-refractivity contribution < 1.29 is 26.7 Å². The normalized spacial score (nSPS) is 16.7. The zero-order valence-corrected chi connectivity index (χ0v) is 15.7. The number of piperazine rings is 1. The van der Waals surface area contributed by atoms with E-state index in [1.165, 1.54) is 22.5 Å². The number of rotatable bonds is 7. The van der Waals surface area contributed by atoms with Gasteiger partial charge in [-0.3, -0.25) is 9.69 Å². The zero-order chi connectivity index (χ0) is 19.3. The number of hydrogen-bond acceptors (Lipinski definition) is 5. The maximum Gasteiger partial charge on any atom is 0.387 e. The van der Waals surface area contributed by atoms with Crippen LogP contribution >= 0.6 is 11.6 Å². The summed E-state index contributed by atoms with van der Waals surface area (Å²) in [5.74, 6) is -0.428. The lowest BCUT2D eigenvalue weighted by molar-refractivity contribution is -0.117. The van der Waals surface area contributed by atoms with Gasteiger partial charge in [0.1, 0.15) is 5.75 Å². The molecule has 11 heteroatoms. The first-order chi connectivity index (χ1) is 12.2. The Balaban J connectivity index is 1.85. The van der Waals surface area contributed by atoms with Crippen LogP contribution in [-0.4, -0.2) is 68.6 Å². The molecule has 2 rings (SSSR count). The Kier molecular flexibility index (Phi) is 7.16. The van der Waals surface area contributed by atoms with E-state index >= 15 is 0 Å². The average molecular weight is 412 g/mol. The summed E-state index contributed by atoms with van der Waals surface area (Å²) in [6, 6.07) is 3.98. The second-order valence-corrected chi connectivity index (χ2v) is 8.31. The summed E-state index contributed by atoms with van der Waals surface area (Å²) in [6.07, 6.45) is 0. The molecule has 1 aliphatic heterocycles. The smallest absolute Gasteiger partial charge is 0.387 e. The molecule has 1 aromatic rings. The Morgan fingerprint density at radius 1 is 1.31 bits per heavy atom. The Hall–Kier alpha value is -1.49. The van der Waals surface area contributed by atoms with Gasteiger partial charge in [-0.2, -0.15) is 13.1 Å². The first kappa shape index (κ1) is 20.8. The highest BCUT2D eigenvalue weighted by molar-refractivity contribution is 7.89. The van der Waals surface area contributed by atoms with Gasteiger partial charge >= 0.3 is 6.61 Å². The van der Waals surface area contributed by atoms with E-state index in [9.17, 15) is 22.0 Å². The van der Waals surface area contributed by atoms with Gasteiger partial charge in [0, 0.05) is 31.9 Å². The fourth-order valence-corrected chi connectivity index (χ4v) is 3.83. The van der Waals surface area contributed by atoms with Gasteiger partial charge in [-0.05, 0) is 25.1 Å². The number of carbonyl (C=O) groups excluding carboxylic acids is 1. The number of carbonyl (C=O) groups is 1. The number of alkyl halides is 2. The monoisotopic (exact) mass is 411 g/mol. The van der Waals surface area contributed by atoms with Crippen molar-refractivity contribution in [1.82, 2.24) is 9.21 Å². The topological polar surface area (TPSA) is 79.0 Å². The minimum absolute atomic E-state index is 0.0403. The molecule has 0 bridgehead atoms. The summed E-state index contributed by atoms with van der Waals surface area (Å²) >= 11 is 5.84. The molecule has 0 unspecified atom stereocenters. The molecule has 0 spiro atoms. The minimum atomic E-state index is -3.21. The summed E-state index contributed by atoms with van der Waals surface area (Å²) in [7, 11) is -3.21. The summed E-state index contributed by atoms with van der Waals surface area (Å²) in [5.41, 5.74) is 0.355. The minimum Gasteiger partial charge on any atom is -0.433 e. The zero-order valence-electron chi connectivity index (χ0n) is 14.1. The fraction of sp³-hybridized carbons (Fsp3) is 0.533. The van der Waals surface area contributed by atoms with Crippen LogP contribution in [0.1, 0.15) is 6.92 Å². The number of sulfonamides is 1. The summed E-state index contributed by atoms with van der Waals surface area (Å²) in [5, 5.41) is 2.58. The Morgan fingerprint density at radius 2 is 1.96 bits per heavy atom. The van der Waals surface area contributed by atoms with E-state index in [4.69, 9.17) is 11.6 Å². The number of ether oxygens (including phenoxy) is 1. The molecular weight excluding hydrogens is 392 g/mol. The summed E-state index contributed by atoms with van der Waals surface area (Å²) in [4.78, 5) is 14.0. The number of nitrogens with one attached hydrogen (secondary N) is 1. The second-order valence-electron chi connectivity index (χ2n) is 5.65. The Morgan fingerprint density at radius 3 is 2.50 bits per heavy atom. The first-order valence-electron chi connectivity index (χ1n) is 7.95. The number of amides is 1. The van der Waals surface area contributed by atoms with Crippen LogP contribution in [0.3, 0.4) is 0 Å². The van der Waals surface area contributed by atoms with Crippen molar-refractivity contribution in [2.75, 3.05) is 43.8 Å². The lowest BCUT2D eigenvalue weighted by atomic mass is 10.3. The highest BCUT2D eigenvalue weighted by atomic mass is 35.5. The van der Waals surface area contributed by atoms with E-state index in [0.717, 1.165) is 0 Å². The molecule has 1 saturated heterocycles. The molecule has 1 fully saturated rings. The van der Waals surface area contributed by atoms with Crippen LogP contribution < -0.4 is 10.1 Å². The maximum atomic E-state index is 12.2. The van der Waals surface area contributed by atoms with Gasteiger partial charge in [0.25, 0.3) is 0 Å². The predicted octanol–water partition coefficient (Wildman–Crippen LogP) is 1.85. The number of benzene rings is 1. The van der Waals surface area contributed by atoms with E-state index in [2.05, 4.69) is 10.1 Å². The SMILES string of the molecule is CCS(=O)(=O)N1CCN(CC(=O)Nc2ccc(OC(F)F)c(Cl)c2)CC1. The molecule has 7 nitrogen and oxygen atoms in total. The molecule has 1 aromatic carbocycles. The standard InChI is InChI=1S/C15H20ClF2N3O4S/c1-2-26(23,24)21-7-5-20(6-8-21)10-14(22)19-11-3-4-13(12(16)9-11)25-15(17)18/h3-4,9,15H,2,5-8,10H2,1H3,(H,19,22). The third-order valence-electron chi connectivity index (χ3n) is 3.89. The molecule has 146 valence electrons. The third-order valence-corrected chi connectivity index (χ3v) is 6.07. The van der Waals surface area contributed by atoms with Gasteiger partial charge in [-0.25, -0.2) is 8.42 Å². The van der Waals surface area contributed by atoms with Crippen molar-refractivity contribution in [2.45, 2.75) is 13.5 Å². The molecule has 0 aliphatic carbocycles. The molecular formula is C15H20ClF2N3O4S. The Bertz CT molecular complexity index is 740. The van der Waals surface area contributed by atoms with Crippen LogP contribution in [0.5, 0.6) is 5.75 Å². The van der Waals surface area contributed by atoms with E-state index in [1.54, 1.807) is 6.92 Å². The number of halogens is 3. The van der Waals surface area contributed by atoms with Gasteiger partial charge in [0.2, 0.25) is 15.9 Å². The van der Waals surface area contributed by atoms with Gasteiger partial charge in [0.15, 0.2) is 0 Å². The highest BCUT2D eigenvalue weighted by Gasteiger charge is 2.26. The molecule has 1 aliphatic rings. The van der Waals surface area contributed by atoms with Crippen molar-refractivity contribution in [3.8, 4) is 5.75 Å². The van der Waals surface area contributed by atoms with E-state index in [-0.39, 0.29) is 29.0 Å². The molecule has 0 atom stereocenters. The van der Waals surface area contributed by atoms with E-state index in [0.29, 0.717) is 31.9 Å². The van der Waals surface area contributed by atoms with Crippen molar-refractivity contribution in [3.63, 3.8) is 0 Å². The van der Waals surface area contributed by atoms with E-state index < -0.39 is 16.6 Å². The number of nitrogens with zero attached hydrogens (tertiary/aromatic N) is 2. The lowest BCUT2D eigenvalue weighted by Gasteiger charge is -2.33. The van der Waals surface area contributed by atoms with Gasteiger partial charge in [-0.15, -0.1) is 0 Å². The lowest BCUT2D eigenvalue weighted by Crippen LogP contribution is -2.50. The van der Waals surface area contributed by atoms with Crippen molar-refractivity contribution in [3.05, 3.63) is 23.2 Å². The molecule has 1 N–H and O–H groups in total. The molecule has 0 aromatic heterocycles. The molecule has 26 heavy (non-hydrogen) atoms. The number of hydrogen-bond donors (Lipinski definition) is 1. The molecule has 1 heterocycles. The average Bonchev–Trinajstić information content (AvgIpc) is 2.57. The maximum absolute atomic E-state index is 12.2. The quantitative estimate of drug-likeness (QED) is 0.740. The van der Waals surface area contributed by atoms with Crippen LogP contribution in [0.15, 0.2) is 18.2 Å². The Labute approximate surface area is 155 Å². The van der Waals surface area contributed by atoms with Gasteiger partial charge in [0.05, 0.1) is 17.3 Å². The van der Waals surface area contributed by atoms with Crippen LogP contribution in [0.4, 0.5) is 14.5 Å². The second kappa shape index (κ2) is 8.94. The van der Waals surface area contributed by atoms with Crippen molar-refractivity contribution in [1.29, 1.82) is 0 Å². The van der Waals surface area contributed by atoms with E-state index in [1.807, 2.05) is 4.90 Å². The predicted molar refractivity (Wildman–Crippen MR) is 94.2 cm³/mol. The summed E-state index contributed by atoms with van der Waals surface area (Å²) in [6.45, 7) is 0.292. The summed E-state index contributed by atoms with van der Waals surface area (Å²) < 4.78 is 53.7. The molecule has 0 radical (unpaired) electrons. The van der Waals surface area contributed by atoms with Crippen LogP contribution in [0, 0.1) is 0 Å². The molecule has 0 saturated carbocycles. The largest absolute Gasteiger partial charge is 0.433 e. The highest BCUT2D eigenvalue weighted by Crippen LogP contribution is 2.28. The molecule has 1 amide bonds.